The molecule has 128 valence electrons. The number of nitrogens with zero attached hydrogens (tertiary/aromatic N) is 4. The average molecular weight is 336 g/mol. The largest absolute Gasteiger partial charge is 0.301 e. The van der Waals surface area contributed by atoms with Crippen molar-refractivity contribution in [3.05, 3.63) is 50.2 Å². The number of nitro groups is 2. The van der Waals surface area contributed by atoms with Gasteiger partial charge in [0.1, 0.15) is 5.69 Å². The summed E-state index contributed by atoms with van der Waals surface area (Å²) in [6.07, 6.45) is 1.55. The topological polar surface area (TPSA) is 127 Å². The number of amides is 2. The lowest BCUT2D eigenvalue weighted by atomic mass is 10.2. The SMILES string of the molecule is C/C=C(\C)N(C(C)=O)N(C(C)=O)c1ccc([N+](=O)[O-])cc1[N+](=O)[O-]. The van der Waals surface area contributed by atoms with Crippen LogP contribution >= 0.6 is 0 Å². The Morgan fingerprint density at radius 3 is 2.00 bits per heavy atom. The number of benzene rings is 1. The Hall–Kier alpha value is -3.30. The van der Waals surface area contributed by atoms with E-state index in [9.17, 15) is 29.8 Å². The summed E-state index contributed by atoms with van der Waals surface area (Å²) in [4.78, 5) is 44.5. The molecular weight excluding hydrogens is 320 g/mol. The van der Waals surface area contributed by atoms with Gasteiger partial charge in [-0.2, -0.15) is 0 Å². The number of nitro benzene ring substituents is 2. The van der Waals surface area contributed by atoms with Gasteiger partial charge in [0.25, 0.3) is 5.69 Å². The van der Waals surface area contributed by atoms with Gasteiger partial charge in [-0.3, -0.25) is 29.8 Å². The zero-order valence-corrected chi connectivity index (χ0v) is 13.5. The van der Waals surface area contributed by atoms with Crippen molar-refractivity contribution in [2.24, 2.45) is 0 Å². The minimum atomic E-state index is -0.846. The van der Waals surface area contributed by atoms with Crippen LogP contribution in [0.1, 0.15) is 27.7 Å². The zero-order valence-electron chi connectivity index (χ0n) is 13.5. The second-order valence-electron chi connectivity index (χ2n) is 4.78. The summed E-state index contributed by atoms with van der Waals surface area (Å²) in [5, 5.41) is 23.9. The van der Waals surface area contributed by atoms with Crippen molar-refractivity contribution in [3.8, 4) is 0 Å². The molecule has 0 bridgehead atoms. The van der Waals surface area contributed by atoms with E-state index >= 15 is 0 Å². The van der Waals surface area contributed by atoms with E-state index in [2.05, 4.69) is 0 Å². The lowest BCUT2D eigenvalue weighted by Gasteiger charge is -2.33. The highest BCUT2D eigenvalue weighted by Gasteiger charge is 2.31. The van der Waals surface area contributed by atoms with Gasteiger partial charge in [0.15, 0.2) is 0 Å². The van der Waals surface area contributed by atoms with Crippen LogP contribution in [0.25, 0.3) is 0 Å². The molecule has 0 N–H and O–H groups in total. The highest BCUT2D eigenvalue weighted by atomic mass is 16.6. The van der Waals surface area contributed by atoms with Gasteiger partial charge in [-0.1, -0.05) is 6.08 Å². The summed E-state index contributed by atoms with van der Waals surface area (Å²) in [7, 11) is 0. The van der Waals surface area contributed by atoms with Crippen LogP contribution in [0, 0.1) is 20.2 Å². The van der Waals surface area contributed by atoms with Crippen molar-refractivity contribution in [3.63, 3.8) is 0 Å². The van der Waals surface area contributed by atoms with Crippen LogP contribution in [0.4, 0.5) is 17.1 Å². The number of hydrogen-bond donors (Lipinski definition) is 0. The van der Waals surface area contributed by atoms with E-state index < -0.39 is 33.0 Å². The second kappa shape index (κ2) is 7.31. The van der Waals surface area contributed by atoms with E-state index in [0.29, 0.717) is 5.70 Å². The maximum atomic E-state index is 12.1. The molecule has 0 atom stereocenters. The van der Waals surface area contributed by atoms with Crippen LogP contribution in [0.2, 0.25) is 0 Å². The number of allylic oxidation sites excluding steroid dienone is 2. The first-order chi connectivity index (χ1) is 11.1. The Morgan fingerprint density at radius 1 is 1.04 bits per heavy atom. The van der Waals surface area contributed by atoms with Crippen LogP contribution in [-0.2, 0) is 9.59 Å². The van der Waals surface area contributed by atoms with Crippen molar-refractivity contribution < 1.29 is 19.4 Å². The summed E-state index contributed by atoms with van der Waals surface area (Å²) in [5.41, 5.74) is -1.03. The molecule has 10 heteroatoms. The van der Waals surface area contributed by atoms with Crippen LogP contribution in [-0.4, -0.2) is 26.7 Å². The van der Waals surface area contributed by atoms with Gasteiger partial charge >= 0.3 is 5.69 Å². The Morgan fingerprint density at radius 2 is 1.62 bits per heavy atom. The van der Waals surface area contributed by atoms with Gasteiger partial charge in [0.2, 0.25) is 11.8 Å². The lowest BCUT2D eigenvalue weighted by Crippen LogP contribution is -2.47. The van der Waals surface area contributed by atoms with E-state index in [1.54, 1.807) is 19.9 Å². The Labute approximate surface area is 137 Å². The Kier molecular flexibility index (Phi) is 5.71. The van der Waals surface area contributed by atoms with E-state index in [0.717, 1.165) is 35.1 Å². The number of hydrogen-bond acceptors (Lipinski definition) is 6. The highest BCUT2D eigenvalue weighted by Crippen LogP contribution is 2.34. The van der Waals surface area contributed by atoms with Gasteiger partial charge in [-0.15, -0.1) is 0 Å². The summed E-state index contributed by atoms with van der Waals surface area (Å²) >= 11 is 0. The minimum Gasteiger partial charge on any atom is -0.273 e. The molecule has 0 fully saturated rings. The summed E-state index contributed by atoms with van der Waals surface area (Å²) < 4.78 is 0. The predicted molar refractivity (Wildman–Crippen MR) is 84.9 cm³/mol. The van der Waals surface area contributed by atoms with Crippen molar-refractivity contribution in [2.75, 3.05) is 5.01 Å². The normalized spacial score (nSPS) is 10.9. The Bertz CT molecular complexity index is 743. The number of carbonyl (C=O) groups is 2. The van der Waals surface area contributed by atoms with Crippen molar-refractivity contribution in [1.82, 2.24) is 5.01 Å². The fourth-order valence-corrected chi connectivity index (χ4v) is 2.04. The molecule has 0 aliphatic rings. The van der Waals surface area contributed by atoms with Crippen LogP contribution in [0.15, 0.2) is 30.0 Å². The first-order valence-electron chi connectivity index (χ1n) is 6.78. The molecule has 10 nitrogen and oxygen atoms in total. The predicted octanol–water partition coefficient (Wildman–Crippen LogP) is 2.54. The molecule has 2 amide bonds. The monoisotopic (exact) mass is 336 g/mol. The summed E-state index contributed by atoms with van der Waals surface area (Å²) in [6.45, 7) is 5.51. The third kappa shape index (κ3) is 3.72. The Balaban J connectivity index is 3.67. The molecule has 1 aromatic rings. The summed E-state index contributed by atoms with van der Waals surface area (Å²) in [5.74, 6) is -1.21. The number of non-ortho nitro benzene ring substituents is 1. The van der Waals surface area contributed by atoms with Crippen LogP contribution < -0.4 is 5.01 Å². The molecule has 0 unspecified atom stereocenters. The van der Waals surface area contributed by atoms with Crippen LogP contribution in [0.5, 0.6) is 0 Å². The third-order valence-corrected chi connectivity index (χ3v) is 3.14. The van der Waals surface area contributed by atoms with Crippen LogP contribution in [0.3, 0.4) is 0 Å². The molecule has 0 aliphatic heterocycles. The van der Waals surface area contributed by atoms with E-state index in [4.69, 9.17) is 0 Å². The first kappa shape index (κ1) is 18.7. The maximum absolute atomic E-state index is 12.1. The quantitative estimate of drug-likeness (QED) is 0.614. The molecule has 0 saturated heterocycles. The smallest absolute Gasteiger partial charge is 0.273 e. The number of carbonyl (C=O) groups excluding carboxylic acids is 2. The molecule has 1 aromatic carbocycles. The molecule has 0 aliphatic carbocycles. The molecule has 0 aromatic heterocycles. The number of anilines is 1. The van der Waals surface area contributed by atoms with E-state index in [1.165, 1.54) is 6.92 Å². The second-order valence-corrected chi connectivity index (χ2v) is 4.78. The summed E-state index contributed by atoms with van der Waals surface area (Å²) in [6, 6.07) is 2.84. The lowest BCUT2D eigenvalue weighted by molar-refractivity contribution is -0.393. The number of hydrazine groups is 1. The fourth-order valence-electron chi connectivity index (χ4n) is 2.04. The van der Waals surface area contributed by atoms with E-state index in [1.807, 2.05) is 0 Å². The minimum absolute atomic E-state index is 0.241. The van der Waals surface area contributed by atoms with Gasteiger partial charge in [-0.05, 0) is 19.9 Å². The van der Waals surface area contributed by atoms with Crippen molar-refractivity contribution in [1.29, 1.82) is 0 Å². The third-order valence-electron chi connectivity index (χ3n) is 3.14. The first-order valence-corrected chi connectivity index (χ1v) is 6.78. The molecule has 0 spiro atoms. The zero-order chi connectivity index (χ0) is 18.6. The van der Waals surface area contributed by atoms with E-state index in [-0.39, 0.29) is 5.69 Å². The number of rotatable bonds is 4. The molecule has 0 heterocycles. The standard InChI is InChI=1S/C14H16N4O6/c1-5-9(2)15(10(3)19)16(11(4)20)13-7-6-12(17(21)22)8-14(13)18(23)24/h5-8H,1-4H3/b9-5+. The van der Waals surface area contributed by atoms with Crippen molar-refractivity contribution in [2.45, 2.75) is 27.7 Å². The molecule has 24 heavy (non-hydrogen) atoms. The maximum Gasteiger partial charge on any atom is 0.301 e. The van der Waals surface area contributed by atoms with Gasteiger partial charge < -0.3 is 0 Å². The highest BCUT2D eigenvalue weighted by molar-refractivity contribution is 5.97. The molecule has 0 radical (unpaired) electrons. The fraction of sp³-hybridized carbons (Fsp3) is 0.286. The van der Waals surface area contributed by atoms with Crippen molar-refractivity contribution >= 4 is 28.9 Å². The molecule has 0 saturated carbocycles. The molecule has 1 rings (SSSR count). The average Bonchev–Trinajstić information content (AvgIpc) is 2.50. The van der Waals surface area contributed by atoms with Gasteiger partial charge in [0, 0.05) is 25.6 Å². The van der Waals surface area contributed by atoms with Gasteiger partial charge in [0.05, 0.1) is 15.9 Å². The molecular formula is C14H16N4O6. The van der Waals surface area contributed by atoms with Gasteiger partial charge in [-0.25, -0.2) is 10.0 Å².